The predicted molar refractivity (Wildman–Crippen MR) is 150 cm³/mol. The molecular formula is C26H22Cl2F3NO4S3. The molecule has 1 saturated heterocycles. The quantitative estimate of drug-likeness (QED) is 0.264. The molecule has 0 saturated carbocycles. The number of hydrogen-bond donors (Lipinski definition) is 0. The van der Waals surface area contributed by atoms with Crippen LogP contribution < -0.4 is 0 Å². The van der Waals surface area contributed by atoms with Crippen molar-refractivity contribution in [2.24, 2.45) is 0 Å². The zero-order valence-electron chi connectivity index (χ0n) is 20.5. The smallest absolute Gasteiger partial charge is 0.284 e. The van der Waals surface area contributed by atoms with Crippen LogP contribution >= 0.6 is 35.0 Å². The average Bonchev–Trinajstić information content (AvgIpc) is 2.77. The Morgan fingerprint density at radius 3 is 1.74 bits per heavy atom. The first-order valence-corrected chi connectivity index (χ1v) is 16.7. The van der Waals surface area contributed by atoms with E-state index in [4.69, 9.17) is 23.2 Å². The third-order valence-corrected chi connectivity index (χ3v) is 9.89. The molecule has 0 N–H and O–H groups in total. The van der Waals surface area contributed by atoms with E-state index in [2.05, 4.69) is 0 Å². The lowest BCUT2D eigenvalue weighted by Gasteiger charge is -2.42. The summed E-state index contributed by atoms with van der Waals surface area (Å²) < 4.78 is 91.1. The average molecular weight is 637 g/mol. The number of likely N-dealkylation sites (tertiary alicyclic amines) is 1. The Balaban J connectivity index is 1.83. The fraction of sp³-hybridized carbons (Fsp3) is 0.231. The van der Waals surface area contributed by atoms with Crippen molar-refractivity contribution in [3.05, 3.63) is 99.0 Å². The highest BCUT2D eigenvalue weighted by Crippen LogP contribution is 2.45. The molecule has 4 rings (SSSR count). The fourth-order valence-corrected chi connectivity index (χ4v) is 8.33. The highest BCUT2D eigenvalue weighted by atomic mass is 35.5. The molecule has 39 heavy (non-hydrogen) atoms. The maximum atomic E-state index is 13.2. The second-order valence-corrected chi connectivity index (χ2v) is 15.0. The van der Waals surface area contributed by atoms with Crippen molar-refractivity contribution in [3.63, 3.8) is 0 Å². The first-order valence-electron chi connectivity index (χ1n) is 11.3. The number of sulfone groups is 2. The summed E-state index contributed by atoms with van der Waals surface area (Å²) in [5.74, 6) is 0. The van der Waals surface area contributed by atoms with E-state index in [0.717, 1.165) is 29.7 Å². The van der Waals surface area contributed by atoms with E-state index in [1.807, 2.05) is 29.2 Å². The van der Waals surface area contributed by atoms with Gasteiger partial charge < -0.3 is 0 Å². The van der Waals surface area contributed by atoms with Crippen molar-refractivity contribution in [1.29, 1.82) is 0 Å². The molecule has 0 spiro atoms. The molecule has 1 aliphatic rings. The van der Waals surface area contributed by atoms with Crippen LogP contribution in [0.25, 0.3) is 4.91 Å². The van der Waals surface area contributed by atoms with E-state index in [0.29, 0.717) is 15.6 Å². The summed E-state index contributed by atoms with van der Waals surface area (Å²) in [6, 6.07) is 17.5. The van der Waals surface area contributed by atoms with E-state index < -0.39 is 46.7 Å². The molecule has 0 atom stereocenters. The van der Waals surface area contributed by atoms with Gasteiger partial charge in [0, 0.05) is 46.1 Å². The van der Waals surface area contributed by atoms with Gasteiger partial charge in [-0.05, 0) is 58.8 Å². The van der Waals surface area contributed by atoms with Gasteiger partial charge in [0.25, 0.3) is 0 Å². The van der Waals surface area contributed by atoms with Crippen molar-refractivity contribution in [2.75, 3.05) is 25.6 Å². The van der Waals surface area contributed by atoms with Crippen LogP contribution in [0.5, 0.6) is 0 Å². The first kappa shape index (κ1) is 30.0. The summed E-state index contributed by atoms with van der Waals surface area (Å²) in [7, 11) is -8.29. The summed E-state index contributed by atoms with van der Waals surface area (Å²) in [6.45, 7) is 0.274. The third-order valence-electron chi connectivity index (χ3n) is 6.04. The molecule has 3 aromatic carbocycles. The van der Waals surface area contributed by atoms with E-state index in [-0.39, 0.29) is 29.6 Å². The van der Waals surface area contributed by atoms with E-state index in [1.165, 1.54) is 12.1 Å². The van der Waals surface area contributed by atoms with E-state index in [1.54, 1.807) is 24.3 Å². The molecule has 208 valence electrons. The maximum absolute atomic E-state index is 13.2. The third kappa shape index (κ3) is 7.01. The minimum absolute atomic E-state index is 0.137. The first-order chi connectivity index (χ1) is 18.0. The van der Waals surface area contributed by atoms with Gasteiger partial charge in [-0.25, -0.2) is 16.8 Å². The van der Waals surface area contributed by atoms with E-state index >= 15 is 0 Å². The number of nitrogens with zero attached hydrogens (tertiary/aromatic N) is 1. The molecular weight excluding hydrogens is 614 g/mol. The lowest BCUT2D eigenvalue weighted by atomic mass is 9.92. The maximum Gasteiger partial charge on any atom is 0.446 e. The van der Waals surface area contributed by atoms with Gasteiger partial charge in [0.2, 0.25) is 0 Å². The van der Waals surface area contributed by atoms with Crippen molar-refractivity contribution in [1.82, 2.24) is 4.90 Å². The van der Waals surface area contributed by atoms with Crippen molar-refractivity contribution < 1.29 is 30.0 Å². The van der Waals surface area contributed by atoms with Crippen LogP contribution in [0.15, 0.2) is 82.1 Å². The van der Waals surface area contributed by atoms with Crippen molar-refractivity contribution in [2.45, 2.75) is 21.3 Å². The molecule has 0 radical (unpaired) electrons. The normalized spacial score (nSPS) is 14.9. The van der Waals surface area contributed by atoms with Gasteiger partial charge >= 0.3 is 5.51 Å². The molecule has 0 aromatic heterocycles. The number of rotatable bonds is 7. The Morgan fingerprint density at radius 2 is 1.33 bits per heavy atom. The zero-order valence-corrected chi connectivity index (χ0v) is 24.5. The standard InChI is InChI=1S/C26H22Cl2F3NO4S3/c1-38(33,34)24(21-4-3-5-22(37-26(29,30)31)25(21)39(2,35)36)18-14-32(15-18)23(16-6-10-19(27)11-7-16)17-8-12-20(28)13-9-17/h3-13,23H,14-15H2,1-2H3. The van der Waals surface area contributed by atoms with Gasteiger partial charge in [-0.3, -0.25) is 4.90 Å². The van der Waals surface area contributed by atoms with Gasteiger partial charge in [-0.2, -0.15) is 13.2 Å². The molecule has 0 amide bonds. The summed E-state index contributed by atoms with van der Waals surface area (Å²) >= 11 is 11.6. The molecule has 13 heteroatoms. The fourth-order valence-electron chi connectivity index (χ4n) is 4.61. The number of halogens is 5. The Bertz CT molecular complexity index is 1590. The van der Waals surface area contributed by atoms with Gasteiger partial charge in [0.05, 0.1) is 15.8 Å². The highest BCUT2D eigenvalue weighted by molar-refractivity contribution is 8.01. The predicted octanol–water partition coefficient (Wildman–Crippen LogP) is 6.87. The van der Waals surface area contributed by atoms with Crippen LogP contribution in [0.4, 0.5) is 13.2 Å². The summed E-state index contributed by atoms with van der Waals surface area (Å²) in [6.07, 6.45) is 1.69. The monoisotopic (exact) mass is 635 g/mol. The topological polar surface area (TPSA) is 71.5 Å². The molecule has 0 aliphatic carbocycles. The molecule has 1 heterocycles. The van der Waals surface area contributed by atoms with Crippen molar-refractivity contribution >= 4 is 59.5 Å². The van der Waals surface area contributed by atoms with Crippen LogP contribution in [-0.4, -0.2) is 52.8 Å². The van der Waals surface area contributed by atoms with Gasteiger partial charge in [0.1, 0.15) is 0 Å². The van der Waals surface area contributed by atoms with Crippen LogP contribution in [0.3, 0.4) is 0 Å². The second kappa shape index (κ2) is 11.1. The minimum atomic E-state index is -4.77. The number of hydrogen-bond acceptors (Lipinski definition) is 6. The van der Waals surface area contributed by atoms with Crippen LogP contribution in [0.2, 0.25) is 10.0 Å². The molecule has 1 fully saturated rings. The SMILES string of the molecule is CS(=O)(=O)C(=C1CN(C(c2ccc(Cl)cc2)c2ccc(Cl)cc2)C1)c1cccc(SC(F)(F)F)c1S(C)(=O)=O. The summed E-state index contributed by atoms with van der Waals surface area (Å²) in [5, 5.41) is 1.09. The van der Waals surface area contributed by atoms with Crippen LogP contribution in [-0.2, 0) is 19.7 Å². The highest BCUT2D eigenvalue weighted by Gasteiger charge is 2.38. The largest absolute Gasteiger partial charge is 0.446 e. The summed E-state index contributed by atoms with van der Waals surface area (Å²) in [5.41, 5.74) is -2.89. The lowest BCUT2D eigenvalue weighted by molar-refractivity contribution is -0.0329. The lowest BCUT2D eigenvalue weighted by Crippen LogP contribution is -2.44. The Labute approximate surface area is 239 Å². The number of benzene rings is 3. The minimum Gasteiger partial charge on any atom is -0.284 e. The Morgan fingerprint density at radius 1 is 0.846 bits per heavy atom. The Kier molecular flexibility index (Phi) is 8.52. The molecule has 0 bridgehead atoms. The molecule has 3 aromatic rings. The molecule has 0 unspecified atom stereocenters. The van der Waals surface area contributed by atoms with Crippen LogP contribution in [0, 0.1) is 0 Å². The molecule has 5 nitrogen and oxygen atoms in total. The Hall–Kier alpha value is -2.02. The molecule has 1 aliphatic heterocycles. The number of thioether (sulfide) groups is 1. The van der Waals surface area contributed by atoms with Gasteiger partial charge in [0.15, 0.2) is 19.7 Å². The zero-order chi connectivity index (χ0) is 28.8. The number of alkyl halides is 3. The van der Waals surface area contributed by atoms with E-state index in [9.17, 15) is 30.0 Å². The van der Waals surface area contributed by atoms with Gasteiger partial charge in [-0.15, -0.1) is 0 Å². The van der Waals surface area contributed by atoms with Gasteiger partial charge in [-0.1, -0.05) is 59.6 Å². The summed E-state index contributed by atoms with van der Waals surface area (Å²) in [4.78, 5) is 0.447. The second-order valence-electron chi connectivity index (χ2n) is 9.07. The van der Waals surface area contributed by atoms with Crippen molar-refractivity contribution in [3.8, 4) is 0 Å². The van der Waals surface area contributed by atoms with Crippen LogP contribution in [0.1, 0.15) is 22.7 Å².